The molecule has 0 aromatic carbocycles. The van der Waals surface area contributed by atoms with Gasteiger partial charge in [0.1, 0.15) is 5.82 Å². The number of nitrogens with one attached hydrogen (secondary N) is 1. The lowest BCUT2D eigenvalue weighted by molar-refractivity contribution is 0.443. The molecule has 1 aliphatic rings. The van der Waals surface area contributed by atoms with Crippen molar-refractivity contribution in [1.82, 2.24) is 14.9 Å². The zero-order valence-corrected chi connectivity index (χ0v) is 12.8. The van der Waals surface area contributed by atoms with E-state index in [2.05, 4.69) is 30.7 Å². The molecule has 0 saturated carbocycles. The fourth-order valence-corrected chi connectivity index (χ4v) is 3.27. The van der Waals surface area contributed by atoms with Crippen LogP contribution >= 0.6 is 0 Å². The molecule has 1 unspecified atom stereocenters. The van der Waals surface area contributed by atoms with Crippen molar-refractivity contribution in [1.29, 1.82) is 0 Å². The lowest BCUT2D eigenvalue weighted by atomic mass is 10.0. The molecule has 19 heavy (non-hydrogen) atoms. The SMILES string of the molecule is CCNC(CC)CCCn1c(C)nc2c1CCCC2. The molecule has 3 heteroatoms. The van der Waals surface area contributed by atoms with Crippen molar-refractivity contribution in [2.45, 2.75) is 78.3 Å². The summed E-state index contributed by atoms with van der Waals surface area (Å²) in [6.45, 7) is 8.87. The van der Waals surface area contributed by atoms with Crippen LogP contribution in [0.25, 0.3) is 0 Å². The van der Waals surface area contributed by atoms with Crippen molar-refractivity contribution in [2.75, 3.05) is 6.54 Å². The highest BCUT2D eigenvalue weighted by Gasteiger charge is 2.17. The molecule has 0 spiro atoms. The molecular formula is C16H29N3. The average Bonchev–Trinajstić information content (AvgIpc) is 2.74. The number of fused-ring (bicyclic) bond motifs is 1. The summed E-state index contributed by atoms with van der Waals surface area (Å²) in [5, 5.41) is 3.56. The van der Waals surface area contributed by atoms with Gasteiger partial charge in [0.2, 0.25) is 0 Å². The number of hydrogen-bond acceptors (Lipinski definition) is 2. The van der Waals surface area contributed by atoms with Crippen LogP contribution in [0.3, 0.4) is 0 Å². The van der Waals surface area contributed by atoms with E-state index in [-0.39, 0.29) is 0 Å². The van der Waals surface area contributed by atoms with E-state index < -0.39 is 0 Å². The maximum absolute atomic E-state index is 4.75. The van der Waals surface area contributed by atoms with E-state index in [9.17, 15) is 0 Å². The first-order valence-electron chi connectivity index (χ1n) is 8.04. The molecule has 2 rings (SSSR count). The molecule has 3 nitrogen and oxygen atoms in total. The van der Waals surface area contributed by atoms with Crippen LogP contribution in [0, 0.1) is 6.92 Å². The molecule has 0 radical (unpaired) electrons. The predicted octanol–water partition coefficient (Wildman–Crippen LogP) is 3.24. The van der Waals surface area contributed by atoms with Gasteiger partial charge in [0, 0.05) is 18.3 Å². The Morgan fingerprint density at radius 3 is 2.79 bits per heavy atom. The molecular weight excluding hydrogens is 234 g/mol. The summed E-state index contributed by atoms with van der Waals surface area (Å²) in [6.07, 6.45) is 8.86. The zero-order chi connectivity index (χ0) is 13.7. The highest BCUT2D eigenvalue weighted by Crippen LogP contribution is 2.22. The van der Waals surface area contributed by atoms with Gasteiger partial charge < -0.3 is 9.88 Å². The van der Waals surface area contributed by atoms with Crippen LogP contribution in [-0.2, 0) is 19.4 Å². The number of aryl methyl sites for hydroxylation is 2. The van der Waals surface area contributed by atoms with Crippen LogP contribution in [0.15, 0.2) is 0 Å². The summed E-state index contributed by atoms with van der Waals surface area (Å²) in [5.41, 5.74) is 2.91. The number of rotatable bonds is 7. The van der Waals surface area contributed by atoms with E-state index >= 15 is 0 Å². The fraction of sp³-hybridized carbons (Fsp3) is 0.812. The summed E-state index contributed by atoms with van der Waals surface area (Å²) in [4.78, 5) is 4.75. The first-order valence-corrected chi connectivity index (χ1v) is 8.04. The molecule has 1 aromatic heterocycles. The standard InChI is InChI=1S/C16H29N3/c1-4-14(17-5-2)9-8-12-19-13(3)18-15-10-6-7-11-16(15)19/h14,17H,4-12H2,1-3H3. The third kappa shape index (κ3) is 3.59. The Morgan fingerprint density at radius 1 is 1.26 bits per heavy atom. The van der Waals surface area contributed by atoms with Gasteiger partial charge in [-0.25, -0.2) is 4.98 Å². The first-order chi connectivity index (χ1) is 9.26. The normalized spacial score (nSPS) is 16.4. The first kappa shape index (κ1) is 14.6. The van der Waals surface area contributed by atoms with Crippen molar-refractivity contribution >= 4 is 0 Å². The maximum atomic E-state index is 4.75. The third-order valence-corrected chi connectivity index (χ3v) is 4.34. The van der Waals surface area contributed by atoms with Crippen molar-refractivity contribution in [3.8, 4) is 0 Å². The van der Waals surface area contributed by atoms with Gasteiger partial charge >= 0.3 is 0 Å². The molecule has 1 aromatic rings. The summed E-state index contributed by atoms with van der Waals surface area (Å²) >= 11 is 0. The summed E-state index contributed by atoms with van der Waals surface area (Å²) < 4.78 is 2.48. The molecule has 0 saturated heterocycles. The van der Waals surface area contributed by atoms with Crippen LogP contribution in [0.5, 0.6) is 0 Å². The molecule has 1 aliphatic carbocycles. The van der Waals surface area contributed by atoms with E-state index in [1.165, 1.54) is 62.2 Å². The molecule has 1 heterocycles. The number of imidazole rings is 1. The highest BCUT2D eigenvalue weighted by atomic mass is 15.1. The quantitative estimate of drug-likeness (QED) is 0.818. The van der Waals surface area contributed by atoms with E-state index in [1.54, 1.807) is 0 Å². The molecule has 0 fully saturated rings. The minimum Gasteiger partial charge on any atom is -0.332 e. The van der Waals surface area contributed by atoms with Crippen LogP contribution in [0.2, 0.25) is 0 Å². The largest absolute Gasteiger partial charge is 0.332 e. The van der Waals surface area contributed by atoms with Gasteiger partial charge in [-0.2, -0.15) is 0 Å². The predicted molar refractivity (Wildman–Crippen MR) is 80.6 cm³/mol. The van der Waals surface area contributed by atoms with Gasteiger partial charge in [0.25, 0.3) is 0 Å². The van der Waals surface area contributed by atoms with Crippen LogP contribution < -0.4 is 5.32 Å². The minimum absolute atomic E-state index is 0.685. The lowest BCUT2D eigenvalue weighted by Crippen LogP contribution is -2.28. The lowest BCUT2D eigenvalue weighted by Gasteiger charge is -2.18. The topological polar surface area (TPSA) is 29.9 Å². The third-order valence-electron chi connectivity index (χ3n) is 4.34. The van der Waals surface area contributed by atoms with Crippen LogP contribution in [0.4, 0.5) is 0 Å². The Balaban J connectivity index is 1.90. The molecule has 0 aliphatic heterocycles. The van der Waals surface area contributed by atoms with Crippen LogP contribution in [-0.4, -0.2) is 22.1 Å². The van der Waals surface area contributed by atoms with Gasteiger partial charge in [-0.15, -0.1) is 0 Å². The van der Waals surface area contributed by atoms with Crippen molar-refractivity contribution in [3.63, 3.8) is 0 Å². The zero-order valence-electron chi connectivity index (χ0n) is 12.8. The van der Waals surface area contributed by atoms with E-state index in [1.807, 2.05) is 0 Å². The summed E-state index contributed by atoms with van der Waals surface area (Å²) in [7, 11) is 0. The van der Waals surface area contributed by atoms with E-state index in [0.717, 1.165) is 13.1 Å². The van der Waals surface area contributed by atoms with E-state index in [0.29, 0.717) is 6.04 Å². The van der Waals surface area contributed by atoms with E-state index in [4.69, 9.17) is 4.98 Å². The Hall–Kier alpha value is -0.830. The second kappa shape index (κ2) is 7.09. The minimum atomic E-state index is 0.685. The van der Waals surface area contributed by atoms with Crippen molar-refractivity contribution < 1.29 is 0 Å². The second-order valence-electron chi connectivity index (χ2n) is 5.72. The van der Waals surface area contributed by atoms with Crippen LogP contribution in [0.1, 0.15) is 63.2 Å². The monoisotopic (exact) mass is 263 g/mol. The Bertz CT molecular complexity index is 395. The molecule has 1 N–H and O–H groups in total. The van der Waals surface area contributed by atoms with Crippen molar-refractivity contribution in [3.05, 3.63) is 17.2 Å². The number of nitrogens with zero attached hydrogens (tertiary/aromatic N) is 2. The highest BCUT2D eigenvalue weighted by molar-refractivity contribution is 5.19. The number of aromatic nitrogens is 2. The van der Waals surface area contributed by atoms with Crippen molar-refractivity contribution in [2.24, 2.45) is 0 Å². The van der Waals surface area contributed by atoms with Gasteiger partial charge in [-0.3, -0.25) is 0 Å². The molecule has 108 valence electrons. The van der Waals surface area contributed by atoms with Gasteiger partial charge in [0.15, 0.2) is 0 Å². The van der Waals surface area contributed by atoms with Gasteiger partial charge in [0.05, 0.1) is 5.69 Å². The second-order valence-corrected chi connectivity index (χ2v) is 5.72. The molecule has 1 atom stereocenters. The summed E-state index contributed by atoms with van der Waals surface area (Å²) in [6, 6.07) is 0.685. The fourth-order valence-electron chi connectivity index (χ4n) is 3.27. The van der Waals surface area contributed by atoms with Gasteiger partial charge in [-0.05, 0) is 58.4 Å². The maximum Gasteiger partial charge on any atom is 0.106 e. The number of hydrogen-bond donors (Lipinski definition) is 1. The summed E-state index contributed by atoms with van der Waals surface area (Å²) in [5.74, 6) is 1.23. The molecule has 0 amide bonds. The Kier molecular flexibility index (Phi) is 5.44. The molecule has 0 bridgehead atoms. The Morgan fingerprint density at radius 2 is 2.05 bits per heavy atom. The smallest absolute Gasteiger partial charge is 0.106 e. The Labute approximate surface area is 117 Å². The van der Waals surface area contributed by atoms with Gasteiger partial charge in [-0.1, -0.05) is 13.8 Å². The average molecular weight is 263 g/mol.